The zero-order valence-electron chi connectivity index (χ0n) is 12.3. The quantitative estimate of drug-likeness (QED) is 0.733. The van der Waals surface area contributed by atoms with Crippen LogP contribution in [-0.4, -0.2) is 12.2 Å². The zero-order chi connectivity index (χ0) is 16.1. The maximum Gasteiger partial charge on any atom is 0.256 e. The van der Waals surface area contributed by atoms with Crippen LogP contribution in [0.3, 0.4) is 0 Å². The summed E-state index contributed by atoms with van der Waals surface area (Å²) in [4.78, 5) is 23.0. The van der Waals surface area contributed by atoms with E-state index in [0.29, 0.717) is 11.1 Å². The topological polar surface area (TPSA) is 46.2 Å². The Morgan fingerprint density at radius 1 is 0.913 bits per heavy atom. The largest absolute Gasteiger partial charge is 0.321 e. The van der Waals surface area contributed by atoms with Crippen molar-refractivity contribution < 1.29 is 9.59 Å². The van der Waals surface area contributed by atoms with Crippen molar-refractivity contribution in [3.63, 3.8) is 0 Å². The van der Waals surface area contributed by atoms with Crippen molar-refractivity contribution in [2.75, 3.05) is 5.32 Å². The van der Waals surface area contributed by atoms with E-state index in [1.54, 1.807) is 30.6 Å². The van der Waals surface area contributed by atoms with Gasteiger partial charge in [0.15, 0.2) is 0 Å². The maximum atomic E-state index is 12.6. The average molecular weight is 300 g/mol. The molecule has 1 N–H and O–H groups in total. The van der Waals surface area contributed by atoms with Gasteiger partial charge in [0.05, 0.1) is 0 Å². The number of nitrogens with one attached hydrogen (secondary N) is 1. The third-order valence-corrected chi connectivity index (χ3v) is 3.57. The molecule has 0 saturated heterocycles. The lowest BCUT2D eigenvalue weighted by atomic mass is 10.1. The predicted molar refractivity (Wildman–Crippen MR) is 93.1 cm³/mol. The molecule has 0 saturated carbocycles. The fourth-order valence-electron chi connectivity index (χ4n) is 2.50. The molecule has 1 amide bonds. The highest BCUT2D eigenvalue weighted by atomic mass is 16.1. The fraction of sp³-hybridized carbons (Fsp3) is 0. The van der Waals surface area contributed by atoms with Gasteiger partial charge in [0.2, 0.25) is 6.29 Å². The predicted octanol–water partition coefficient (Wildman–Crippen LogP) is 4.22. The molecular weight excluding hydrogens is 286 g/mol. The van der Waals surface area contributed by atoms with E-state index in [-0.39, 0.29) is 5.91 Å². The first kappa shape index (κ1) is 14.7. The van der Waals surface area contributed by atoms with E-state index < -0.39 is 0 Å². The molecule has 3 aromatic carbocycles. The number of benzene rings is 3. The number of allylic oxidation sites excluding steroid dienone is 1. The number of hydrogen-bond acceptors (Lipinski definition) is 2. The highest BCUT2D eigenvalue weighted by Gasteiger charge is 2.11. The maximum absolute atomic E-state index is 12.6. The van der Waals surface area contributed by atoms with E-state index >= 15 is 0 Å². The van der Waals surface area contributed by atoms with Crippen molar-refractivity contribution in [1.82, 2.24) is 0 Å². The molecule has 0 fully saturated rings. The summed E-state index contributed by atoms with van der Waals surface area (Å²) < 4.78 is 0. The van der Waals surface area contributed by atoms with Crippen molar-refractivity contribution in [2.45, 2.75) is 0 Å². The lowest BCUT2D eigenvalue weighted by molar-refractivity contribution is 0.102. The summed E-state index contributed by atoms with van der Waals surface area (Å²) in [5.41, 5.74) is 1.94. The van der Waals surface area contributed by atoms with Crippen LogP contribution in [0.25, 0.3) is 16.8 Å². The number of carbonyl (C=O) groups is 1. The zero-order valence-corrected chi connectivity index (χ0v) is 12.3. The van der Waals surface area contributed by atoms with Gasteiger partial charge in [0.1, 0.15) is 0 Å². The normalized spacial score (nSPS) is 10.8. The molecule has 0 aliphatic carbocycles. The first-order valence-electron chi connectivity index (χ1n) is 7.22. The summed E-state index contributed by atoms with van der Waals surface area (Å²) in [6.45, 7) is 0. The van der Waals surface area contributed by atoms with E-state index in [1.807, 2.05) is 48.5 Å². The van der Waals surface area contributed by atoms with Gasteiger partial charge in [0.25, 0.3) is 5.91 Å². The van der Waals surface area contributed by atoms with Gasteiger partial charge in [-0.1, -0.05) is 60.7 Å². The fourth-order valence-corrected chi connectivity index (χ4v) is 2.50. The minimum Gasteiger partial charge on any atom is -0.321 e. The average Bonchev–Trinajstić information content (AvgIpc) is 2.60. The molecule has 3 rings (SSSR count). The van der Waals surface area contributed by atoms with Crippen LogP contribution in [0.15, 0.2) is 72.8 Å². The number of carbonyl (C=O) groups excluding carboxylic acids is 2. The molecule has 0 aromatic heterocycles. The summed E-state index contributed by atoms with van der Waals surface area (Å²) in [5, 5.41) is 4.99. The van der Waals surface area contributed by atoms with E-state index in [9.17, 15) is 9.59 Å². The first-order chi connectivity index (χ1) is 11.3. The van der Waals surface area contributed by atoms with Crippen molar-refractivity contribution in [2.24, 2.45) is 0 Å². The molecule has 0 heterocycles. The molecule has 3 heteroatoms. The minimum absolute atomic E-state index is 0.215. The van der Waals surface area contributed by atoms with Crippen LogP contribution in [0.5, 0.6) is 0 Å². The lowest BCUT2D eigenvalue weighted by Gasteiger charge is -2.10. The lowest BCUT2D eigenvalue weighted by Crippen LogP contribution is -2.13. The smallest absolute Gasteiger partial charge is 0.256 e. The van der Waals surface area contributed by atoms with Crippen molar-refractivity contribution in [1.29, 1.82) is 0 Å². The molecule has 1 radical (unpaired) electrons. The van der Waals surface area contributed by atoms with E-state index in [1.165, 1.54) is 6.08 Å². The number of hydrogen-bond donors (Lipinski definition) is 1. The molecule has 3 nitrogen and oxygen atoms in total. The number of amides is 1. The van der Waals surface area contributed by atoms with E-state index in [2.05, 4.69) is 5.32 Å². The van der Waals surface area contributed by atoms with Gasteiger partial charge in [-0.25, -0.2) is 0 Å². The molecule has 0 aliphatic rings. The van der Waals surface area contributed by atoms with Crippen LogP contribution in [0, 0.1) is 0 Å². The van der Waals surface area contributed by atoms with Gasteiger partial charge in [-0.3, -0.25) is 9.59 Å². The third kappa shape index (κ3) is 3.19. The molecule has 0 bridgehead atoms. The first-order valence-corrected chi connectivity index (χ1v) is 7.22. The molecule has 23 heavy (non-hydrogen) atoms. The number of rotatable bonds is 4. The Bertz CT molecular complexity index is 892. The summed E-state index contributed by atoms with van der Waals surface area (Å²) in [7, 11) is 0. The SMILES string of the molecule is O=[C]/C=C/c1ccccc1C(=O)Nc1cccc2ccccc12. The minimum atomic E-state index is -0.215. The standard InChI is InChI=1S/C20H14NO2/c22-14-6-10-16-8-2-4-12-18(16)20(23)21-19-13-5-9-15-7-1-3-11-17(15)19/h1-13H,(H,21,23)/b10-6+. The van der Waals surface area contributed by atoms with Gasteiger partial charge in [-0.05, 0) is 29.2 Å². The van der Waals surface area contributed by atoms with Crippen LogP contribution in [0.1, 0.15) is 15.9 Å². The van der Waals surface area contributed by atoms with Crippen molar-refractivity contribution >= 4 is 34.7 Å². The second-order valence-corrected chi connectivity index (χ2v) is 5.02. The van der Waals surface area contributed by atoms with Crippen molar-refractivity contribution in [3.8, 4) is 0 Å². The second kappa shape index (κ2) is 6.71. The Morgan fingerprint density at radius 2 is 1.65 bits per heavy atom. The van der Waals surface area contributed by atoms with Crippen LogP contribution in [-0.2, 0) is 4.79 Å². The Balaban J connectivity index is 1.96. The monoisotopic (exact) mass is 300 g/mol. The van der Waals surface area contributed by atoms with Crippen molar-refractivity contribution in [3.05, 3.63) is 83.9 Å². The van der Waals surface area contributed by atoms with Crippen LogP contribution < -0.4 is 5.32 Å². The summed E-state index contributed by atoms with van der Waals surface area (Å²) in [6, 6.07) is 20.8. The van der Waals surface area contributed by atoms with Gasteiger partial charge in [-0.15, -0.1) is 0 Å². The van der Waals surface area contributed by atoms with Gasteiger partial charge >= 0.3 is 0 Å². The Kier molecular flexibility index (Phi) is 4.29. The summed E-state index contributed by atoms with van der Waals surface area (Å²) in [6.07, 6.45) is 4.52. The molecule has 0 unspecified atom stereocenters. The highest BCUT2D eigenvalue weighted by Crippen LogP contribution is 2.24. The molecule has 0 spiro atoms. The third-order valence-electron chi connectivity index (χ3n) is 3.57. The van der Waals surface area contributed by atoms with Gasteiger partial charge in [-0.2, -0.15) is 0 Å². The molecule has 3 aromatic rings. The highest BCUT2D eigenvalue weighted by molar-refractivity contribution is 6.10. The van der Waals surface area contributed by atoms with Gasteiger partial charge < -0.3 is 5.32 Å². The Morgan fingerprint density at radius 3 is 2.52 bits per heavy atom. The molecule has 0 aliphatic heterocycles. The summed E-state index contributed by atoms with van der Waals surface area (Å²) in [5.74, 6) is -0.215. The summed E-state index contributed by atoms with van der Waals surface area (Å²) >= 11 is 0. The van der Waals surface area contributed by atoms with E-state index in [0.717, 1.165) is 16.5 Å². The molecule has 111 valence electrons. The van der Waals surface area contributed by atoms with Crippen LogP contribution in [0.2, 0.25) is 0 Å². The van der Waals surface area contributed by atoms with Crippen LogP contribution in [0.4, 0.5) is 5.69 Å². The Hall–Kier alpha value is -3.20. The molecular formula is C20H14NO2. The van der Waals surface area contributed by atoms with Crippen LogP contribution >= 0.6 is 0 Å². The number of anilines is 1. The van der Waals surface area contributed by atoms with Gasteiger partial charge in [0, 0.05) is 16.6 Å². The number of fused-ring (bicyclic) bond motifs is 1. The second-order valence-electron chi connectivity index (χ2n) is 5.02. The molecule has 0 atom stereocenters. The Labute approximate surface area is 134 Å². The van der Waals surface area contributed by atoms with E-state index in [4.69, 9.17) is 0 Å².